The maximum Gasteiger partial charge on any atom is 0.277 e. The molecule has 0 spiro atoms. The molecule has 0 aliphatic heterocycles. The van der Waals surface area contributed by atoms with Crippen molar-refractivity contribution in [2.75, 3.05) is 20.3 Å². The van der Waals surface area contributed by atoms with E-state index in [2.05, 4.69) is 24.4 Å². The van der Waals surface area contributed by atoms with Crippen molar-refractivity contribution in [1.29, 1.82) is 0 Å². The minimum absolute atomic E-state index is 0.105. The molecule has 6 heteroatoms. The first kappa shape index (κ1) is 21.3. The third-order valence-corrected chi connectivity index (χ3v) is 3.95. The van der Waals surface area contributed by atoms with E-state index in [0.29, 0.717) is 29.8 Å². The SMILES string of the molecule is CCCOc1ccc(/C=N/NC(=O)COc2cccc(C(C)C)c2)cc1OC. The lowest BCUT2D eigenvalue weighted by molar-refractivity contribution is -0.123. The van der Waals surface area contributed by atoms with E-state index >= 15 is 0 Å². The molecule has 0 radical (unpaired) electrons. The standard InChI is InChI=1S/C22H28N2O4/c1-5-11-27-20-10-9-17(12-21(20)26-4)14-23-24-22(25)15-28-19-8-6-7-18(13-19)16(2)3/h6-10,12-14,16H,5,11,15H2,1-4H3,(H,24,25)/b23-14+. The van der Waals surface area contributed by atoms with Crippen molar-refractivity contribution in [3.05, 3.63) is 53.6 Å². The van der Waals surface area contributed by atoms with Gasteiger partial charge in [-0.05, 0) is 53.8 Å². The number of rotatable bonds is 10. The minimum atomic E-state index is -0.332. The van der Waals surface area contributed by atoms with Gasteiger partial charge in [-0.1, -0.05) is 32.9 Å². The Morgan fingerprint density at radius 3 is 2.68 bits per heavy atom. The number of amides is 1. The fourth-order valence-corrected chi connectivity index (χ4v) is 2.42. The zero-order valence-corrected chi connectivity index (χ0v) is 16.9. The van der Waals surface area contributed by atoms with Crippen LogP contribution in [0, 0.1) is 0 Å². The van der Waals surface area contributed by atoms with Crippen molar-refractivity contribution in [2.24, 2.45) is 5.10 Å². The lowest BCUT2D eigenvalue weighted by atomic mass is 10.0. The molecule has 0 heterocycles. The molecule has 0 atom stereocenters. The lowest BCUT2D eigenvalue weighted by Gasteiger charge is -2.10. The van der Waals surface area contributed by atoms with Crippen LogP contribution in [0.25, 0.3) is 0 Å². The monoisotopic (exact) mass is 384 g/mol. The van der Waals surface area contributed by atoms with Gasteiger partial charge in [0.25, 0.3) is 5.91 Å². The summed E-state index contributed by atoms with van der Waals surface area (Å²) in [5, 5.41) is 3.97. The molecule has 0 aliphatic carbocycles. The summed E-state index contributed by atoms with van der Waals surface area (Å²) in [7, 11) is 1.59. The van der Waals surface area contributed by atoms with E-state index in [1.165, 1.54) is 0 Å². The molecular formula is C22H28N2O4. The van der Waals surface area contributed by atoms with Crippen molar-refractivity contribution >= 4 is 12.1 Å². The fourth-order valence-electron chi connectivity index (χ4n) is 2.42. The maximum absolute atomic E-state index is 11.9. The van der Waals surface area contributed by atoms with Gasteiger partial charge >= 0.3 is 0 Å². The van der Waals surface area contributed by atoms with Gasteiger partial charge in [0, 0.05) is 0 Å². The predicted octanol–water partition coefficient (Wildman–Crippen LogP) is 4.14. The predicted molar refractivity (Wildman–Crippen MR) is 111 cm³/mol. The molecule has 0 saturated heterocycles. The van der Waals surface area contributed by atoms with Crippen molar-refractivity contribution in [1.82, 2.24) is 5.43 Å². The number of hydrazone groups is 1. The third-order valence-electron chi connectivity index (χ3n) is 3.95. The first-order chi connectivity index (χ1) is 13.5. The van der Waals surface area contributed by atoms with Crippen LogP contribution in [0.5, 0.6) is 17.2 Å². The van der Waals surface area contributed by atoms with Crippen LogP contribution in [0.15, 0.2) is 47.6 Å². The maximum atomic E-state index is 11.9. The molecule has 0 aromatic heterocycles. The summed E-state index contributed by atoms with van der Waals surface area (Å²) in [4.78, 5) is 11.9. The summed E-state index contributed by atoms with van der Waals surface area (Å²) in [5.41, 5.74) is 4.41. The van der Waals surface area contributed by atoms with E-state index in [1.54, 1.807) is 19.4 Å². The number of nitrogens with zero attached hydrogens (tertiary/aromatic N) is 1. The van der Waals surface area contributed by atoms with Gasteiger partial charge in [-0.3, -0.25) is 4.79 Å². The summed E-state index contributed by atoms with van der Waals surface area (Å²) in [5.74, 6) is 2.04. The highest BCUT2D eigenvalue weighted by Gasteiger charge is 2.06. The Balaban J connectivity index is 1.86. The van der Waals surface area contributed by atoms with E-state index < -0.39 is 0 Å². The van der Waals surface area contributed by atoms with Crippen LogP contribution in [-0.4, -0.2) is 32.4 Å². The average Bonchev–Trinajstić information content (AvgIpc) is 2.71. The number of benzene rings is 2. The number of nitrogens with one attached hydrogen (secondary N) is 1. The van der Waals surface area contributed by atoms with Crippen molar-refractivity contribution < 1.29 is 19.0 Å². The summed E-state index contributed by atoms with van der Waals surface area (Å²) in [6.45, 7) is 6.78. The van der Waals surface area contributed by atoms with Gasteiger partial charge in [0.2, 0.25) is 0 Å². The second-order valence-corrected chi connectivity index (χ2v) is 6.57. The second-order valence-electron chi connectivity index (χ2n) is 6.57. The summed E-state index contributed by atoms with van der Waals surface area (Å²) >= 11 is 0. The van der Waals surface area contributed by atoms with Gasteiger partial charge in [-0.25, -0.2) is 5.43 Å². The van der Waals surface area contributed by atoms with E-state index in [1.807, 2.05) is 43.3 Å². The molecule has 0 bridgehead atoms. The van der Waals surface area contributed by atoms with Crippen LogP contribution in [0.1, 0.15) is 44.2 Å². The number of hydrogen-bond acceptors (Lipinski definition) is 5. The number of hydrogen-bond donors (Lipinski definition) is 1. The number of ether oxygens (including phenoxy) is 3. The Kier molecular flexibility index (Phi) is 8.34. The van der Waals surface area contributed by atoms with E-state index in [0.717, 1.165) is 17.5 Å². The average molecular weight is 384 g/mol. The molecule has 1 amide bonds. The van der Waals surface area contributed by atoms with Gasteiger partial charge in [0.1, 0.15) is 5.75 Å². The number of carbonyl (C=O) groups is 1. The van der Waals surface area contributed by atoms with Crippen molar-refractivity contribution in [3.8, 4) is 17.2 Å². The Hall–Kier alpha value is -3.02. The molecule has 0 unspecified atom stereocenters. The lowest BCUT2D eigenvalue weighted by Crippen LogP contribution is -2.24. The summed E-state index contributed by atoms with van der Waals surface area (Å²) in [6, 6.07) is 13.2. The normalized spacial score (nSPS) is 10.9. The fraction of sp³-hybridized carbons (Fsp3) is 0.364. The van der Waals surface area contributed by atoms with E-state index in [9.17, 15) is 4.79 Å². The molecule has 0 aliphatic rings. The third kappa shape index (κ3) is 6.61. The number of methoxy groups -OCH3 is 1. The van der Waals surface area contributed by atoms with Gasteiger partial charge < -0.3 is 14.2 Å². The largest absolute Gasteiger partial charge is 0.493 e. The Morgan fingerprint density at radius 1 is 1.14 bits per heavy atom. The highest BCUT2D eigenvalue weighted by atomic mass is 16.5. The van der Waals surface area contributed by atoms with Gasteiger partial charge in [0.15, 0.2) is 18.1 Å². The van der Waals surface area contributed by atoms with Crippen molar-refractivity contribution in [2.45, 2.75) is 33.1 Å². The molecular weight excluding hydrogens is 356 g/mol. The van der Waals surface area contributed by atoms with Crippen LogP contribution < -0.4 is 19.6 Å². The van der Waals surface area contributed by atoms with Gasteiger partial charge in [-0.15, -0.1) is 0 Å². The molecule has 2 aromatic rings. The second kappa shape index (κ2) is 11.0. The molecule has 6 nitrogen and oxygen atoms in total. The molecule has 1 N–H and O–H groups in total. The van der Waals surface area contributed by atoms with Crippen LogP contribution in [-0.2, 0) is 4.79 Å². The Bertz CT molecular complexity index is 803. The summed E-state index contributed by atoms with van der Waals surface area (Å²) in [6.07, 6.45) is 2.46. The van der Waals surface area contributed by atoms with Crippen molar-refractivity contribution in [3.63, 3.8) is 0 Å². The molecule has 0 fully saturated rings. The van der Waals surface area contributed by atoms with Gasteiger partial charge in [-0.2, -0.15) is 5.10 Å². The summed E-state index contributed by atoms with van der Waals surface area (Å²) < 4.78 is 16.5. The van der Waals surface area contributed by atoms with E-state index in [-0.39, 0.29) is 12.5 Å². The molecule has 28 heavy (non-hydrogen) atoms. The highest BCUT2D eigenvalue weighted by Crippen LogP contribution is 2.27. The molecule has 2 rings (SSSR count). The zero-order chi connectivity index (χ0) is 20.4. The molecule has 150 valence electrons. The first-order valence-electron chi connectivity index (χ1n) is 9.39. The van der Waals surface area contributed by atoms with E-state index in [4.69, 9.17) is 14.2 Å². The van der Waals surface area contributed by atoms with Gasteiger partial charge in [0.05, 0.1) is 19.9 Å². The smallest absolute Gasteiger partial charge is 0.277 e. The van der Waals surface area contributed by atoms with Crippen LogP contribution in [0.4, 0.5) is 0 Å². The number of carbonyl (C=O) groups excluding carboxylic acids is 1. The van der Waals surface area contributed by atoms with Crippen LogP contribution in [0.2, 0.25) is 0 Å². The minimum Gasteiger partial charge on any atom is -0.493 e. The highest BCUT2D eigenvalue weighted by molar-refractivity contribution is 5.83. The Morgan fingerprint density at radius 2 is 1.96 bits per heavy atom. The molecule has 0 saturated carbocycles. The quantitative estimate of drug-likeness (QED) is 0.494. The topological polar surface area (TPSA) is 69.2 Å². The molecule has 2 aromatic carbocycles. The Labute approximate surface area is 166 Å². The van der Waals surface area contributed by atoms with Crippen LogP contribution >= 0.6 is 0 Å². The first-order valence-corrected chi connectivity index (χ1v) is 9.39. The zero-order valence-electron chi connectivity index (χ0n) is 16.9. The van der Waals surface area contributed by atoms with Crippen LogP contribution in [0.3, 0.4) is 0 Å².